The van der Waals surface area contributed by atoms with Crippen LogP contribution >= 0.6 is 14.6 Å². The molecule has 4 N–H and O–H groups in total. The highest BCUT2D eigenvalue weighted by molar-refractivity contribution is 8.26. The molecule has 0 aromatic rings. The van der Waals surface area contributed by atoms with Crippen molar-refractivity contribution < 1.29 is 48.0 Å². The number of hydrogen-bond acceptors (Lipinski definition) is 8. The first-order chi connectivity index (χ1) is 9.18. The predicted molar refractivity (Wildman–Crippen MR) is 63.6 cm³/mol. The van der Waals surface area contributed by atoms with E-state index in [0.29, 0.717) is 12.8 Å². The summed E-state index contributed by atoms with van der Waals surface area (Å²) >= 11 is 0. The lowest BCUT2D eigenvalue weighted by atomic mass is 9.95. The Morgan fingerprint density at radius 1 is 1.30 bits per heavy atom. The average Bonchev–Trinajstić information content (AvgIpc) is 3.19. The molecule has 0 aromatic heterocycles. The van der Waals surface area contributed by atoms with Gasteiger partial charge in [-0.15, -0.1) is 4.67 Å². The third kappa shape index (κ3) is 4.34. The molecule has 2 unspecified atom stereocenters. The average molecular weight is 334 g/mol. The lowest BCUT2D eigenvalue weighted by molar-refractivity contribution is -0.148. The Labute approximate surface area is 114 Å². The standard InChI is InChI=1S/C8H16O10P2/c9-6-16-5-8(10,7-1-2-7)3-4-17-20(15,18-11)19(12,13)14/h6-7,10-11H,1-5H2,(H2,12,13,14). The Bertz CT molecular complexity index is 429. The molecule has 0 radical (unpaired) electrons. The fourth-order valence-electron chi connectivity index (χ4n) is 1.68. The zero-order valence-electron chi connectivity index (χ0n) is 10.3. The van der Waals surface area contributed by atoms with E-state index in [-0.39, 0.29) is 25.4 Å². The van der Waals surface area contributed by atoms with Gasteiger partial charge < -0.3 is 19.6 Å². The van der Waals surface area contributed by atoms with Gasteiger partial charge in [-0.05, 0) is 18.8 Å². The molecule has 0 spiro atoms. The zero-order valence-corrected chi connectivity index (χ0v) is 12.1. The van der Waals surface area contributed by atoms with Crippen LogP contribution in [0, 0.1) is 5.92 Å². The van der Waals surface area contributed by atoms with E-state index >= 15 is 0 Å². The highest BCUT2D eigenvalue weighted by atomic mass is 32.1. The number of hydrogen-bond donors (Lipinski definition) is 4. The molecule has 0 amide bonds. The van der Waals surface area contributed by atoms with Crippen LogP contribution in [0.3, 0.4) is 0 Å². The maximum atomic E-state index is 11.5. The fourth-order valence-corrected chi connectivity index (χ4v) is 3.27. The zero-order chi connectivity index (χ0) is 15.4. The van der Waals surface area contributed by atoms with Crippen LogP contribution in [0.15, 0.2) is 0 Å². The molecule has 1 rings (SSSR count). The number of carbonyl (C=O) groups is 1. The van der Waals surface area contributed by atoms with E-state index in [1.54, 1.807) is 0 Å². The summed E-state index contributed by atoms with van der Waals surface area (Å²) in [5.74, 6) is -0.143. The van der Waals surface area contributed by atoms with Gasteiger partial charge in [-0.1, -0.05) is 0 Å². The van der Waals surface area contributed by atoms with E-state index in [9.17, 15) is 19.0 Å². The second kappa shape index (κ2) is 6.64. The Kier molecular flexibility index (Phi) is 5.89. The van der Waals surface area contributed by atoms with Gasteiger partial charge in [-0.3, -0.25) is 9.32 Å². The van der Waals surface area contributed by atoms with Crippen molar-refractivity contribution in [2.45, 2.75) is 24.9 Å². The molecular weight excluding hydrogens is 318 g/mol. The first kappa shape index (κ1) is 17.7. The van der Waals surface area contributed by atoms with Crippen LogP contribution < -0.4 is 0 Å². The van der Waals surface area contributed by atoms with Crippen LogP contribution in [0.5, 0.6) is 0 Å². The minimum Gasteiger partial charge on any atom is -0.465 e. The maximum absolute atomic E-state index is 11.5. The Morgan fingerprint density at radius 3 is 2.30 bits per heavy atom. The first-order valence-electron chi connectivity index (χ1n) is 5.60. The molecule has 20 heavy (non-hydrogen) atoms. The van der Waals surface area contributed by atoms with Gasteiger partial charge in [0.2, 0.25) is 0 Å². The smallest absolute Gasteiger partial charge is 0.465 e. The molecule has 0 heterocycles. The topological polar surface area (TPSA) is 160 Å². The molecule has 2 atom stereocenters. The minimum atomic E-state index is -5.31. The molecule has 0 aromatic carbocycles. The van der Waals surface area contributed by atoms with Gasteiger partial charge in [0, 0.05) is 6.42 Å². The third-order valence-corrected chi connectivity index (χ3v) is 6.78. The van der Waals surface area contributed by atoms with Gasteiger partial charge in [-0.2, -0.15) is 0 Å². The van der Waals surface area contributed by atoms with E-state index < -0.39 is 26.8 Å². The monoisotopic (exact) mass is 334 g/mol. The van der Waals surface area contributed by atoms with E-state index in [0.717, 1.165) is 0 Å². The summed E-state index contributed by atoms with van der Waals surface area (Å²) in [6.45, 7) is -0.714. The fraction of sp³-hybridized carbons (Fsp3) is 0.875. The second-order valence-corrected chi connectivity index (χ2v) is 9.85. The van der Waals surface area contributed by atoms with Crippen LogP contribution in [0.1, 0.15) is 19.3 Å². The van der Waals surface area contributed by atoms with Gasteiger partial charge in [0.15, 0.2) is 0 Å². The van der Waals surface area contributed by atoms with Crippen molar-refractivity contribution in [1.29, 1.82) is 0 Å². The Balaban J connectivity index is 2.58. The molecule has 1 aliphatic rings. The molecule has 1 saturated carbocycles. The first-order valence-corrected chi connectivity index (χ1v) is 9.46. The van der Waals surface area contributed by atoms with Gasteiger partial charge in [0.05, 0.1) is 6.61 Å². The molecule has 0 aliphatic heterocycles. The quantitative estimate of drug-likeness (QED) is 0.191. The highest BCUT2D eigenvalue weighted by Crippen LogP contribution is 2.77. The summed E-state index contributed by atoms with van der Waals surface area (Å²) in [6, 6.07) is 0. The molecule has 118 valence electrons. The van der Waals surface area contributed by atoms with E-state index in [1.165, 1.54) is 0 Å². The van der Waals surface area contributed by atoms with Crippen molar-refractivity contribution in [2.24, 2.45) is 5.92 Å². The lowest BCUT2D eigenvalue weighted by Gasteiger charge is -2.27. The van der Waals surface area contributed by atoms with E-state index in [2.05, 4.69) is 13.9 Å². The number of ether oxygens (including phenoxy) is 1. The van der Waals surface area contributed by atoms with Gasteiger partial charge in [-0.25, -0.2) is 14.4 Å². The van der Waals surface area contributed by atoms with Gasteiger partial charge in [0.25, 0.3) is 6.47 Å². The molecule has 1 aliphatic carbocycles. The lowest BCUT2D eigenvalue weighted by Crippen LogP contribution is -2.38. The normalized spacial score (nSPS) is 21.8. The molecule has 0 bridgehead atoms. The molecule has 12 heteroatoms. The second-order valence-electron chi connectivity index (χ2n) is 4.43. The Hall–Kier alpha value is -0.310. The van der Waals surface area contributed by atoms with Crippen molar-refractivity contribution in [3.8, 4) is 0 Å². The van der Waals surface area contributed by atoms with Crippen molar-refractivity contribution in [3.63, 3.8) is 0 Å². The number of carbonyl (C=O) groups excluding carboxylic acids is 1. The summed E-state index contributed by atoms with van der Waals surface area (Å²) in [6.07, 6.45) is 1.20. The van der Waals surface area contributed by atoms with Crippen molar-refractivity contribution in [1.82, 2.24) is 0 Å². The minimum absolute atomic E-state index is 0.143. The predicted octanol–water partition coefficient (Wildman–Crippen LogP) is 0.483. The number of aliphatic hydroxyl groups is 1. The van der Waals surface area contributed by atoms with Crippen LogP contribution in [-0.2, 0) is 27.9 Å². The summed E-state index contributed by atoms with van der Waals surface area (Å²) in [7, 11) is -10.3. The third-order valence-electron chi connectivity index (χ3n) is 2.95. The highest BCUT2D eigenvalue weighted by Gasteiger charge is 2.48. The number of rotatable bonds is 10. The molecular formula is C8H16O10P2. The van der Waals surface area contributed by atoms with Gasteiger partial charge >= 0.3 is 14.6 Å². The van der Waals surface area contributed by atoms with Crippen molar-refractivity contribution >= 4 is 21.0 Å². The van der Waals surface area contributed by atoms with Crippen LogP contribution in [0.4, 0.5) is 0 Å². The Morgan fingerprint density at radius 2 is 1.90 bits per heavy atom. The SMILES string of the molecule is O=COCC(O)(CCOP(=O)(OO)P(=O)(O)O)C1CC1. The van der Waals surface area contributed by atoms with Crippen molar-refractivity contribution in [2.75, 3.05) is 13.2 Å². The van der Waals surface area contributed by atoms with Gasteiger partial charge in [0.1, 0.15) is 12.2 Å². The van der Waals surface area contributed by atoms with Crippen molar-refractivity contribution in [3.05, 3.63) is 0 Å². The largest absolute Gasteiger partial charge is 0.467 e. The molecule has 0 saturated heterocycles. The van der Waals surface area contributed by atoms with Crippen LogP contribution in [-0.4, -0.2) is 45.4 Å². The molecule has 10 nitrogen and oxygen atoms in total. The summed E-state index contributed by atoms with van der Waals surface area (Å²) in [5.41, 5.74) is -1.43. The summed E-state index contributed by atoms with van der Waals surface area (Å²) in [4.78, 5) is 27.6. The van der Waals surface area contributed by atoms with E-state index in [4.69, 9.17) is 15.0 Å². The maximum Gasteiger partial charge on any atom is 0.467 e. The van der Waals surface area contributed by atoms with Crippen LogP contribution in [0.25, 0.3) is 0 Å². The molecule has 1 fully saturated rings. The van der Waals surface area contributed by atoms with Crippen LogP contribution in [0.2, 0.25) is 0 Å². The summed E-state index contributed by atoms with van der Waals surface area (Å²) in [5, 5.41) is 18.5. The summed E-state index contributed by atoms with van der Waals surface area (Å²) < 4.78 is 34.5. The van der Waals surface area contributed by atoms with E-state index in [1.807, 2.05) is 0 Å².